The van der Waals surface area contributed by atoms with Crippen LogP contribution in [-0.4, -0.2) is 46.4 Å². The van der Waals surface area contributed by atoms with Crippen LogP contribution in [0.1, 0.15) is 193 Å². The minimum Gasteiger partial charge on any atom is -0.366 e. The Morgan fingerprint density at radius 2 is 1.32 bits per heavy atom. The third-order valence-electron chi connectivity index (χ3n) is 13.3. The Balaban J connectivity index is 1.98. The molecule has 0 saturated heterocycles. The van der Waals surface area contributed by atoms with E-state index in [1.165, 1.54) is 154 Å². The minimum atomic E-state index is -0.369. The van der Waals surface area contributed by atoms with Crippen LogP contribution in [0.4, 0.5) is 0 Å². The maximum absolute atomic E-state index is 14.0. The smallest absolute Gasteiger partial charge is 0.236 e. The van der Waals surface area contributed by atoms with Gasteiger partial charge in [0.05, 0.1) is 6.04 Å². The highest BCUT2D eigenvalue weighted by Crippen LogP contribution is 2.58. The number of hydrogen-bond acceptors (Lipinski definition) is 4. The molecule has 1 amide bonds. The minimum absolute atomic E-state index is 0.0189. The van der Waals surface area contributed by atoms with Crippen LogP contribution < -0.4 is 15.9 Å². The maximum atomic E-state index is 14.0. The number of nitrogens with one attached hydrogen (secondary N) is 3. The van der Waals surface area contributed by atoms with Crippen molar-refractivity contribution in [2.75, 3.05) is 20.6 Å². The number of fused-ring (bicyclic) bond motifs is 1. The highest BCUT2D eigenvalue weighted by molar-refractivity contribution is 6.04. The average Bonchev–Trinajstić information content (AvgIpc) is 3.87. The fourth-order valence-electron chi connectivity index (χ4n) is 10.0. The first-order valence-corrected chi connectivity index (χ1v) is 21.5. The third kappa shape index (κ3) is 14.6. The molecule has 50 heavy (non-hydrogen) atoms. The highest BCUT2D eigenvalue weighted by atomic mass is 16.2. The lowest BCUT2D eigenvalue weighted by atomic mass is 9.51. The van der Waals surface area contributed by atoms with Gasteiger partial charge in [0.15, 0.2) is 13.8 Å². The molecular weight excluding hydrogens is 613 g/mol. The van der Waals surface area contributed by atoms with Crippen molar-refractivity contribution in [3.63, 3.8) is 0 Å². The molecule has 0 heterocycles. The highest BCUT2D eigenvalue weighted by Gasteiger charge is 2.50. The molecule has 3 aliphatic rings. The monoisotopic (exact) mass is 692 g/mol. The molecule has 0 aromatic rings. The largest absolute Gasteiger partial charge is 0.366 e. The Labute approximate surface area is 310 Å². The van der Waals surface area contributed by atoms with Crippen LogP contribution >= 0.6 is 0 Å². The first kappa shape index (κ1) is 43.0. The van der Waals surface area contributed by atoms with Crippen molar-refractivity contribution >= 4 is 19.7 Å². The number of allylic oxidation sites excluding steroid dienone is 3. The second kappa shape index (κ2) is 24.0. The van der Waals surface area contributed by atoms with Crippen LogP contribution in [0.15, 0.2) is 23.8 Å². The van der Waals surface area contributed by atoms with Crippen LogP contribution in [-0.2, 0) is 9.59 Å². The van der Waals surface area contributed by atoms with E-state index in [1.807, 2.05) is 0 Å². The molecule has 284 valence electrons. The molecule has 2 fully saturated rings. The molecule has 3 N–H and O–H groups in total. The van der Waals surface area contributed by atoms with Crippen LogP contribution in [0, 0.1) is 22.7 Å². The molecule has 4 atom stereocenters. The van der Waals surface area contributed by atoms with E-state index in [4.69, 9.17) is 7.98 Å². The van der Waals surface area contributed by atoms with Gasteiger partial charge < -0.3 is 15.9 Å². The number of rotatable bonds is 11. The topological polar surface area (TPSA) is 70.2 Å². The summed E-state index contributed by atoms with van der Waals surface area (Å²) in [5, 5.41) is 9.14. The van der Waals surface area contributed by atoms with Gasteiger partial charge in [-0.1, -0.05) is 141 Å². The SMILES string of the molecule is [B]NCC1(C2(CC(=C)C(=O)CCC(NC)C(=O)NC)CCCCCCCCC=C3CC3CCC(C)C2)CCCCCCCCCCCCCC1. The quantitative estimate of drug-likeness (QED) is 0.115. The number of likely N-dealkylation sites (N-methyl/N-ethyl adjacent to an activating group) is 2. The van der Waals surface area contributed by atoms with Crippen molar-refractivity contribution in [3.05, 3.63) is 23.8 Å². The molecule has 0 spiro atoms. The van der Waals surface area contributed by atoms with E-state index < -0.39 is 0 Å². The van der Waals surface area contributed by atoms with Crippen LogP contribution in [0.5, 0.6) is 0 Å². The zero-order chi connectivity index (χ0) is 36.1. The Bertz CT molecular complexity index is 1010. The summed E-state index contributed by atoms with van der Waals surface area (Å²) in [4.78, 5) is 26.4. The van der Waals surface area contributed by atoms with E-state index >= 15 is 0 Å². The molecule has 5 nitrogen and oxygen atoms in total. The van der Waals surface area contributed by atoms with Gasteiger partial charge in [-0.3, -0.25) is 9.59 Å². The predicted molar refractivity (Wildman–Crippen MR) is 214 cm³/mol. The first-order valence-electron chi connectivity index (χ1n) is 21.5. The van der Waals surface area contributed by atoms with Crippen molar-refractivity contribution in [1.82, 2.24) is 15.9 Å². The van der Waals surface area contributed by atoms with E-state index in [0.717, 1.165) is 37.3 Å². The molecule has 3 rings (SSSR count). The molecule has 4 unspecified atom stereocenters. The lowest BCUT2D eigenvalue weighted by Crippen LogP contribution is -2.50. The molecule has 6 heteroatoms. The Morgan fingerprint density at radius 1 is 0.800 bits per heavy atom. The number of ketones is 1. The van der Waals surface area contributed by atoms with E-state index in [9.17, 15) is 9.59 Å². The molecule has 2 radical (unpaired) electrons. The summed E-state index contributed by atoms with van der Waals surface area (Å²) in [7, 11) is 9.89. The summed E-state index contributed by atoms with van der Waals surface area (Å²) >= 11 is 0. The fraction of sp³-hybridized carbons (Fsp3) is 0.864. The van der Waals surface area contributed by atoms with Gasteiger partial charge in [-0.2, -0.15) is 0 Å². The van der Waals surface area contributed by atoms with Gasteiger partial charge in [0.25, 0.3) is 0 Å². The zero-order valence-corrected chi connectivity index (χ0v) is 33.1. The maximum Gasteiger partial charge on any atom is 0.236 e. The molecule has 0 aliphatic heterocycles. The second-order valence-electron chi connectivity index (χ2n) is 17.1. The van der Waals surface area contributed by atoms with E-state index in [1.54, 1.807) is 19.7 Å². The lowest BCUT2D eigenvalue weighted by molar-refractivity contribution is -0.123. The number of Topliss-reactive ketones (excluding diaryl/α,β-unsaturated/α-hetero) is 1. The molecule has 3 aliphatic carbocycles. The summed E-state index contributed by atoms with van der Waals surface area (Å²) < 4.78 is 0. The normalized spacial score (nSPS) is 27.7. The Kier molecular flexibility index (Phi) is 20.7. The lowest BCUT2D eigenvalue weighted by Gasteiger charge is -2.54. The van der Waals surface area contributed by atoms with Crippen LogP contribution in [0.3, 0.4) is 0 Å². The Morgan fingerprint density at radius 3 is 1.84 bits per heavy atom. The van der Waals surface area contributed by atoms with Gasteiger partial charge >= 0.3 is 0 Å². The molecule has 2 saturated carbocycles. The van der Waals surface area contributed by atoms with Gasteiger partial charge in [0.2, 0.25) is 5.91 Å². The van der Waals surface area contributed by atoms with Crippen LogP contribution in [0.2, 0.25) is 0 Å². The van der Waals surface area contributed by atoms with E-state index in [-0.39, 0.29) is 28.6 Å². The number of hydrogen-bond donors (Lipinski definition) is 3. The van der Waals surface area contributed by atoms with Gasteiger partial charge in [0, 0.05) is 13.5 Å². The summed E-state index contributed by atoms with van der Waals surface area (Å²) in [6.07, 6.45) is 37.7. The van der Waals surface area contributed by atoms with E-state index in [0.29, 0.717) is 18.8 Å². The molecule has 0 bridgehead atoms. The number of carbonyl (C=O) groups is 2. The average molecular weight is 692 g/mol. The fourth-order valence-corrected chi connectivity index (χ4v) is 10.0. The predicted octanol–water partition coefficient (Wildman–Crippen LogP) is 10.6. The van der Waals surface area contributed by atoms with Crippen molar-refractivity contribution in [2.24, 2.45) is 22.7 Å². The molecule has 0 aromatic carbocycles. The second-order valence-corrected chi connectivity index (χ2v) is 17.1. The molecular formula is C44H78BN3O2. The Hall–Kier alpha value is -1.40. The number of amides is 1. The van der Waals surface area contributed by atoms with Crippen molar-refractivity contribution in [3.8, 4) is 0 Å². The van der Waals surface area contributed by atoms with Gasteiger partial charge in [-0.05, 0) is 106 Å². The van der Waals surface area contributed by atoms with E-state index in [2.05, 4.69) is 35.4 Å². The molecule has 0 aromatic heterocycles. The standard InChI is InChI=1S/C44H78BN3O2/c1-36-25-26-39-32-38(39)24-20-16-12-11-15-19-23-31-44(33-36,34-37(2)41(49)28-27-40(46-3)42(50)47-4)43(35-48-45)29-21-17-13-9-7-5-6-8-10-14-18-22-30-43/h24,36,39-40,46,48H,2,5-23,25-35H2,1,3-4H3,(H,47,50). The summed E-state index contributed by atoms with van der Waals surface area (Å²) in [5.41, 5.74) is 2.47. The van der Waals surface area contributed by atoms with Crippen LogP contribution in [0.25, 0.3) is 0 Å². The van der Waals surface area contributed by atoms with Gasteiger partial charge in [-0.25, -0.2) is 0 Å². The summed E-state index contributed by atoms with van der Waals surface area (Å²) in [6.45, 7) is 7.90. The van der Waals surface area contributed by atoms with Gasteiger partial charge in [0.1, 0.15) is 0 Å². The summed E-state index contributed by atoms with van der Waals surface area (Å²) in [5.74, 6) is 1.45. The third-order valence-corrected chi connectivity index (χ3v) is 13.3. The summed E-state index contributed by atoms with van der Waals surface area (Å²) in [6, 6.07) is -0.369. The van der Waals surface area contributed by atoms with Gasteiger partial charge in [-0.15, -0.1) is 0 Å². The van der Waals surface area contributed by atoms with Crippen molar-refractivity contribution in [1.29, 1.82) is 0 Å². The van der Waals surface area contributed by atoms with Crippen molar-refractivity contribution in [2.45, 2.75) is 199 Å². The zero-order valence-electron chi connectivity index (χ0n) is 33.1. The first-order chi connectivity index (χ1) is 24.3. The number of carbonyl (C=O) groups excluding carboxylic acids is 2. The van der Waals surface area contributed by atoms with Crippen molar-refractivity contribution < 1.29 is 9.59 Å².